The summed E-state index contributed by atoms with van der Waals surface area (Å²) in [6.07, 6.45) is 8.85. The molecule has 1 aliphatic rings. The van der Waals surface area contributed by atoms with E-state index in [2.05, 4.69) is 16.2 Å². The highest BCUT2D eigenvalue weighted by Gasteiger charge is 2.28. The Bertz CT molecular complexity index is 1670. The molecule has 0 saturated heterocycles. The lowest BCUT2D eigenvalue weighted by molar-refractivity contribution is -0.115. The van der Waals surface area contributed by atoms with E-state index in [-0.39, 0.29) is 28.5 Å². The van der Waals surface area contributed by atoms with Crippen LogP contribution in [0.4, 0.5) is 5.00 Å². The number of aromatic nitrogens is 1. The molecule has 0 saturated carbocycles. The molecule has 3 aromatic rings. The van der Waals surface area contributed by atoms with E-state index in [4.69, 9.17) is 15.9 Å². The highest BCUT2D eigenvalue weighted by molar-refractivity contribution is 7.92. The summed E-state index contributed by atoms with van der Waals surface area (Å²) in [5, 5.41) is 2.84. The third-order valence-corrected chi connectivity index (χ3v) is 9.67. The molecule has 0 fully saturated rings. The Labute approximate surface area is 239 Å². The van der Waals surface area contributed by atoms with Crippen molar-refractivity contribution in [2.45, 2.75) is 46.1 Å². The molecule has 2 aromatic heterocycles. The molecule has 0 unspecified atom stereocenters. The smallest absolute Gasteiger partial charge is 0.341 e. The summed E-state index contributed by atoms with van der Waals surface area (Å²) in [6.45, 7) is 4.34. The summed E-state index contributed by atoms with van der Waals surface area (Å²) < 4.78 is 38.6. The van der Waals surface area contributed by atoms with Crippen LogP contribution >= 0.6 is 22.7 Å². The fourth-order valence-corrected chi connectivity index (χ4v) is 7.84. The van der Waals surface area contributed by atoms with Gasteiger partial charge in [0.05, 0.1) is 35.5 Å². The number of anilines is 1. The molecule has 0 bridgehead atoms. The van der Waals surface area contributed by atoms with E-state index in [9.17, 15) is 22.8 Å². The number of fused-ring (bicyclic) bond motifs is 2. The van der Waals surface area contributed by atoms with Crippen molar-refractivity contribution in [3.05, 3.63) is 39.0 Å². The van der Waals surface area contributed by atoms with Gasteiger partial charge < -0.3 is 19.4 Å². The summed E-state index contributed by atoms with van der Waals surface area (Å²) in [6, 6.07) is 5.37. The van der Waals surface area contributed by atoms with Crippen molar-refractivity contribution >= 4 is 65.5 Å². The second-order valence-corrected chi connectivity index (χ2v) is 13.1. The zero-order chi connectivity index (χ0) is 28.9. The Kier molecular flexibility index (Phi) is 9.44. The van der Waals surface area contributed by atoms with Gasteiger partial charge in [-0.15, -0.1) is 17.8 Å². The maximum Gasteiger partial charge on any atom is 0.341 e. The summed E-state index contributed by atoms with van der Waals surface area (Å²) in [5.74, 6) is -1.05. The van der Waals surface area contributed by atoms with Crippen molar-refractivity contribution in [1.29, 1.82) is 0 Å². The predicted octanol–water partition coefficient (Wildman–Crippen LogP) is 3.33. The lowest BCUT2D eigenvalue weighted by Gasteiger charge is -2.12. The molecule has 2 heterocycles. The van der Waals surface area contributed by atoms with Gasteiger partial charge in [-0.2, -0.15) is 4.99 Å². The first kappa shape index (κ1) is 29.5. The van der Waals surface area contributed by atoms with E-state index in [1.165, 1.54) is 22.7 Å². The first-order valence-electron chi connectivity index (χ1n) is 12.7. The molecule has 212 valence electrons. The standard InChI is InChI=1S/C27H29N3O7S3/c1-4-13-30-19-12-11-17(36-5-2)14-21(19)39-27(30)29-23(32)16-40(34,35)15-22(31)28-25-24(26(33)37-6-3)18-9-7-8-10-20(18)38-25/h1,11-12,14H,5-10,13,15-16H2,2-3H3,(H,28,31). The topological polar surface area (TPSA) is 133 Å². The van der Waals surface area contributed by atoms with E-state index in [0.29, 0.717) is 18.8 Å². The van der Waals surface area contributed by atoms with Crippen LogP contribution in [0.5, 0.6) is 5.75 Å². The van der Waals surface area contributed by atoms with Crippen LogP contribution in [0.3, 0.4) is 0 Å². The average Bonchev–Trinajstić information content (AvgIpc) is 3.40. The molecule has 2 amide bonds. The first-order valence-corrected chi connectivity index (χ1v) is 16.2. The highest BCUT2D eigenvalue weighted by atomic mass is 32.2. The lowest BCUT2D eigenvalue weighted by atomic mass is 9.95. The number of nitrogens with zero attached hydrogens (tertiary/aromatic N) is 2. The van der Waals surface area contributed by atoms with E-state index < -0.39 is 39.1 Å². The zero-order valence-corrected chi connectivity index (χ0v) is 24.6. The molecular formula is C27H29N3O7S3. The number of esters is 1. The molecule has 1 N–H and O–H groups in total. The van der Waals surface area contributed by atoms with Gasteiger partial charge in [0.2, 0.25) is 5.91 Å². The molecule has 40 heavy (non-hydrogen) atoms. The Hall–Kier alpha value is -3.47. The van der Waals surface area contributed by atoms with Gasteiger partial charge in [-0.25, -0.2) is 13.2 Å². The minimum atomic E-state index is -4.17. The molecule has 0 radical (unpaired) electrons. The minimum Gasteiger partial charge on any atom is -0.494 e. The first-order chi connectivity index (χ1) is 19.2. The van der Waals surface area contributed by atoms with Crippen molar-refractivity contribution in [1.82, 2.24) is 4.57 Å². The largest absolute Gasteiger partial charge is 0.494 e. The number of nitrogens with one attached hydrogen (secondary N) is 1. The number of sulfone groups is 1. The molecule has 1 aromatic carbocycles. The maximum atomic E-state index is 12.8. The number of terminal acetylenes is 1. The van der Waals surface area contributed by atoms with Gasteiger partial charge in [-0.05, 0) is 63.3 Å². The predicted molar refractivity (Wildman–Crippen MR) is 155 cm³/mol. The second kappa shape index (κ2) is 12.8. The van der Waals surface area contributed by atoms with E-state index in [1.54, 1.807) is 29.7 Å². The minimum absolute atomic E-state index is 0.128. The zero-order valence-electron chi connectivity index (χ0n) is 22.2. The van der Waals surface area contributed by atoms with Gasteiger partial charge >= 0.3 is 5.97 Å². The number of aryl methyl sites for hydroxylation is 1. The Morgan fingerprint density at radius 3 is 2.62 bits per heavy atom. The fraction of sp³-hybridized carbons (Fsp3) is 0.407. The van der Waals surface area contributed by atoms with Gasteiger partial charge in [-0.3, -0.25) is 9.59 Å². The van der Waals surface area contributed by atoms with Crippen LogP contribution in [0.1, 0.15) is 47.5 Å². The fourth-order valence-electron chi connectivity index (χ4n) is 4.45. The molecular weight excluding hydrogens is 575 g/mol. The van der Waals surface area contributed by atoms with E-state index in [0.717, 1.165) is 39.9 Å². The summed E-state index contributed by atoms with van der Waals surface area (Å²) in [5.41, 5.74) is 1.86. The van der Waals surface area contributed by atoms with Crippen LogP contribution in [0.25, 0.3) is 10.2 Å². The van der Waals surface area contributed by atoms with Gasteiger partial charge in [0.15, 0.2) is 14.6 Å². The van der Waals surface area contributed by atoms with Crippen LogP contribution in [-0.2, 0) is 43.5 Å². The van der Waals surface area contributed by atoms with Gasteiger partial charge in [0.1, 0.15) is 22.3 Å². The Morgan fingerprint density at radius 1 is 1.12 bits per heavy atom. The number of benzene rings is 1. The van der Waals surface area contributed by atoms with E-state index >= 15 is 0 Å². The Morgan fingerprint density at radius 2 is 1.90 bits per heavy atom. The SMILES string of the molecule is C#CCn1c(=NC(=O)CS(=O)(=O)CC(=O)Nc2sc3c(c2C(=O)OCC)CCCC3)sc2cc(OCC)ccc21. The number of rotatable bonds is 10. The second-order valence-electron chi connectivity index (χ2n) is 8.96. The third kappa shape index (κ3) is 6.80. The van der Waals surface area contributed by atoms with Crippen molar-refractivity contribution in [2.75, 3.05) is 30.0 Å². The van der Waals surface area contributed by atoms with Crippen molar-refractivity contribution < 1.29 is 32.3 Å². The monoisotopic (exact) mass is 603 g/mol. The molecule has 10 nitrogen and oxygen atoms in total. The number of ether oxygens (including phenoxy) is 2. The van der Waals surface area contributed by atoms with Crippen LogP contribution < -0.4 is 14.9 Å². The molecule has 0 atom stereocenters. The molecule has 0 aliphatic heterocycles. The van der Waals surface area contributed by atoms with Crippen molar-refractivity contribution in [2.24, 2.45) is 4.99 Å². The van der Waals surface area contributed by atoms with Crippen LogP contribution in [0, 0.1) is 12.3 Å². The van der Waals surface area contributed by atoms with Crippen LogP contribution in [0.2, 0.25) is 0 Å². The number of hydrogen-bond acceptors (Lipinski definition) is 9. The number of carbonyl (C=O) groups excluding carboxylic acids is 3. The lowest BCUT2D eigenvalue weighted by Crippen LogP contribution is -2.28. The van der Waals surface area contributed by atoms with E-state index in [1.807, 2.05) is 6.92 Å². The normalized spacial score (nSPS) is 13.5. The van der Waals surface area contributed by atoms with Crippen LogP contribution in [-0.4, -0.2) is 55.5 Å². The van der Waals surface area contributed by atoms with Gasteiger partial charge in [0.25, 0.3) is 5.91 Å². The molecule has 4 rings (SSSR count). The van der Waals surface area contributed by atoms with Crippen LogP contribution in [0.15, 0.2) is 23.2 Å². The number of carbonyl (C=O) groups is 3. The van der Waals surface area contributed by atoms with Crippen molar-refractivity contribution in [3.8, 4) is 18.1 Å². The molecule has 13 heteroatoms. The number of hydrogen-bond donors (Lipinski definition) is 1. The summed E-state index contributed by atoms with van der Waals surface area (Å²) in [7, 11) is -4.17. The number of thiazole rings is 1. The van der Waals surface area contributed by atoms with Gasteiger partial charge in [0, 0.05) is 4.88 Å². The maximum absolute atomic E-state index is 12.8. The van der Waals surface area contributed by atoms with Crippen molar-refractivity contribution in [3.63, 3.8) is 0 Å². The number of thiophene rings is 1. The molecule has 0 spiro atoms. The van der Waals surface area contributed by atoms with Gasteiger partial charge in [-0.1, -0.05) is 17.3 Å². The quantitative estimate of drug-likeness (QED) is 0.278. The highest BCUT2D eigenvalue weighted by Crippen LogP contribution is 2.38. The average molecular weight is 604 g/mol. The third-order valence-electron chi connectivity index (χ3n) is 6.03. The summed E-state index contributed by atoms with van der Waals surface area (Å²) >= 11 is 2.44. The number of amides is 2. The Balaban J connectivity index is 1.51. The summed E-state index contributed by atoms with van der Waals surface area (Å²) in [4.78, 5) is 43.3. The molecule has 1 aliphatic carbocycles.